The van der Waals surface area contributed by atoms with E-state index in [0.717, 1.165) is 16.9 Å². The summed E-state index contributed by atoms with van der Waals surface area (Å²) in [5, 5.41) is 0.543. The fourth-order valence-corrected chi connectivity index (χ4v) is 1.56. The molecule has 2 rings (SSSR count). The zero-order valence-corrected chi connectivity index (χ0v) is 8.26. The van der Waals surface area contributed by atoms with E-state index in [2.05, 4.69) is 4.98 Å². The Balaban J connectivity index is 2.94. The fraction of sp³-hybridized carbons (Fsp3) is 0.222. The van der Waals surface area contributed by atoms with Crippen molar-refractivity contribution in [2.45, 2.75) is 6.92 Å². The molecule has 0 bridgehead atoms. The molecule has 1 aromatic carbocycles. The highest BCUT2D eigenvalue weighted by Crippen LogP contribution is 2.28. The van der Waals surface area contributed by atoms with E-state index in [0.29, 0.717) is 10.7 Å². The summed E-state index contributed by atoms with van der Waals surface area (Å²) < 4.78 is 1.99. The highest BCUT2D eigenvalue weighted by atomic mass is 35.5. The largest absolute Gasteiger partial charge is 0.397 e. The van der Waals surface area contributed by atoms with Gasteiger partial charge in [0.15, 0.2) is 0 Å². The van der Waals surface area contributed by atoms with Gasteiger partial charge in [-0.2, -0.15) is 0 Å². The van der Waals surface area contributed by atoms with E-state index in [1.54, 1.807) is 6.07 Å². The Morgan fingerprint density at radius 1 is 1.46 bits per heavy atom. The van der Waals surface area contributed by atoms with Gasteiger partial charge in [-0.25, -0.2) is 4.98 Å². The van der Waals surface area contributed by atoms with Crippen molar-refractivity contribution in [3.8, 4) is 0 Å². The van der Waals surface area contributed by atoms with Gasteiger partial charge in [0.25, 0.3) is 0 Å². The Bertz CT molecular complexity index is 473. The Kier molecular flexibility index (Phi) is 1.70. The van der Waals surface area contributed by atoms with Gasteiger partial charge in [0.05, 0.1) is 16.2 Å². The SMILES string of the molecule is Cc1nc2c(Cl)c(N)ccc2n1C. The van der Waals surface area contributed by atoms with Crippen LogP contribution in [-0.2, 0) is 7.05 Å². The maximum atomic E-state index is 6.01. The molecule has 0 aliphatic carbocycles. The Morgan fingerprint density at radius 3 is 2.85 bits per heavy atom. The molecular formula is C9H10ClN3. The lowest BCUT2D eigenvalue weighted by Crippen LogP contribution is -1.90. The third-order valence-corrected chi connectivity index (χ3v) is 2.64. The van der Waals surface area contributed by atoms with Gasteiger partial charge in [0.1, 0.15) is 11.3 Å². The number of anilines is 1. The lowest BCUT2D eigenvalue weighted by Gasteiger charge is -1.99. The Morgan fingerprint density at radius 2 is 2.15 bits per heavy atom. The lowest BCUT2D eigenvalue weighted by atomic mass is 10.3. The standard InChI is InChI=1S/C9H10ClN3/c1-5-12-9-7(13(5)2)4-3-6(11)8(9)10/h3-4H,11H2,1-2H3. The van der Waals surface area contributed by atoms with Crippen LogP contribution >= 0.6 is 11.6 Å². The molecule has 0 saturated carbocycles. The molecule has 3 nitrogen and oxygen atoms in total. The minimum Gasteiger partial charge on any atom is -0.397 e. The van der Waals surface area contributed by atoms with Gasteiger partial charge in [-0.15, -0.1) is 0 Å². The first-order valence-electron chi connectivity index (χ1n) is 3.98. The molecule has 0 saturated heterocycles. The molecule has 0 radical (unpaired) electrons. The number of hydrogen-bond acceptors (Lipinski definition) is 2. The van der Waals surface area contributed by atoms with Gasteiger partial charge in [0.2, 0.25) is 0 Å². The van der Waals surface area contributed by atoms with Crippen molar-refractivity contribution < 1.29 is 0 Å². The normalized spacial score (nSPS) is 11.0. The first-order valence-corrected chi connectivity index (χ1v) is 4.36. The summed E-state index contributed by atoms with van der Waals surface area (Å²) in [6.07, 6.45) is 0. The number of aromatic nitrogens is 2. The van der Waals surface area contributed by atoms with Crippen molar-refractivity contribution in [1.29, 1.82) is 0 Å². The topological polar surface area (TPSA) is 43.8 Å². The van der Waals surface area contributed by atoms with Gasteiger partial charge < -0.3 is 10.3 Å². The maximum absolute atomic E-state index is 6.01. The molecule has 68 valence electrons. The second kappa shape index (κ2) is 2.64. The van der Waals surface area contributed by atoms with Gasteiger partial charge in [-0.1, -0.05) is 11.6 Å². The number of nitrogens with two attached hydrogens (primary N) is 1. The number of halogens is 1. The first kappa shape index (κ1) is 8.38. The van der Waals surface area contributed by atoms with Crippen molar-refractivity contribution in [3.05, 3.63) is 23.0 Å². The van der Waals surface area contributed by atoms with Crippen LogP contribution in [0.15, 0.2) is 12.1 Å². The molecule has 1 heterocycles. The van der Waals surface area contributed by atoms with Crippen molar-refractivity contribution >= 4 is 28.3 Å². The van der Waals surface area contributed by atoms with Crippen LogP contribution in [0.3, 0.4) is 0 Å². The maximum Gasteiger partial charge on any atom is 0.109 e. The highest BCUT2D eigenvalue weighted by molar-refractivity contribution is 6.37. The van der Waals surface area contributed by atoms with Crippen LogP contribution in [-0.4, -0.2) is 9.55 Å². The number of aryl methyl sites for hydroxylation is 2. The summed E-state index contributed by atoms with van der Waals surface area (Å²) in [5.74, 6) is 0.933. The summed E-state index contributed by atoms with van der Waals surface area (Å²) >= 11 is 6.01. The number of nitrogens with zero attached hydrogens (tertiary/aromatic N) is 2. The third kappa shape index (κ3) is 1.08. The summed E-state index contributed by atoms with van der Waals surface area (Å²) in [5.41, 5.74) is 8.03. The van der Waals surface area contributed by atoms with E-state index in [1.807, 2.05) is 24.6 Å². The monoisotopic (exact) mass is 195 g/mol. The molecule has 2 aromatic rings. The van der Waals surface area contributed by atoms with Gasteiger partial charge in [0, 0.05) is 7.05 Å². The van der Waals surface area contributed by atoms with Crippen molar-refractivity contribution in [2.24, 2.45) is 7.05 Å². The molecule has 4 heteroatoms. The van der Waals surface area contributed by atoms with Gasteiger partial charge in [-0.05, 0) is 19.1 Å². The van der Waals surface area contributed by atoms with Crippen molar-refractivity contribution in [2.75, 3.05) is 5.73 Å². The van der Waals surface area contributed by atoms with Crippen LogP contribution in [0.2, 0.25) is 5.02 Å². The molecule has 0 amide bonds. The molecule has 2 N–H and O–H groups in total. The predicted molar refractivity (Wildman–Crippen MR) is 54.9 cm³/mol. The molecule has 0 aliphatic rings. The average molecular weight is 196 g/mol. The minimum absolute atomic E-state index is 0.543. The van der Waals surface area contributed by atoms with Crippen LogP contribution in [0, 0.1) is 6.92 Å². The van der Waals surface area contributed by atoms with Crippen LogP contribution < -0.4 is 5.73 Å². The number of nitrogen functional groups attached to an aromatic ring is 1. The second-order valence-corrected chi connectivity index (χ2v) is 3.43. The number of rotatable bonds is 0. The van der Waals surface area contributed by atoms with Gasteiger partial charge >= 0.3 is 0 Å². The average Bonchev–Trinajstić information content (AvgIpc) is 2.38. The molecule has 0 fully saturated rings. The number of imidazole rings is 1. The zero-order valence-electron chi connectivity index (χ0n) is 7.50. The molecule has 0 aliphatic heterocycles. The first-order chi connectivity index (χ1) is 6.11. The summed E-state index contributed by atoms with van der Waals surface area (Å²) in [6, 6.07) is 3.72. The van der Waals surface area contributed by atoms with E-state index in [-0.39, 0.29) is 0 Å². The Labute approximate surface area is 81.1 Å². The molecule has 0 atom stereocenters. The summed E-state index contributed by atoms with van der Waals surface area (Å²) in [4.78, 5) is 4.32. The summed E-state index contributed by atoms with van der Waals surface area (Å²) in [6.45, 7) is 1.94. The van der Waals surface area contributed by atoms with E-state index in [4.69, 9.17) is 17.3 Å². The van der Waals surface area contributed by atoms with E-state index >= 15 is 0 Å². The van der Waals surface area contributed by atoms with Crippen molar-refractivity contribution in [3.63, 3.8) is 0 Å². The molecular weight excluding hydrogens is 186 g/mol. The smallest absolute Gasteiger partial charge is 0.109 e. The third-order valence-electron chi connectivity index (χ3n) is 2.25. The van der Waals surface area contributed by atoms with Gasteiger partial charge in [-0.3, -0.25) is 0 Å². The van der Waals surface area contributed by atoms with Crippen LogP contribution in [0.5, 0.6) is 0 Å². The number of fused-ring (bicyclic) bond motifs is 1. The van der Waals surface area contributed by atoms with E-state index in [9.17, 15) is 0 Å². The minimum atomic E-state index is 0.543. The summed E-state index contributed by atoms with van der Waals surface area (Å²) in [7, 11) is 1.96. The van der Waals surface area contributed by atoms with Crippen molar-refractivity contribution in [1.82, 2.24) is 9.55 Å². The molecule has 1 aromatic heterocycles. The molecule has 0 spiro atoms. The Hall–Kier alpha value is -1.22. The zero-order chi connectivity index (χ0) is 9.59. The van der Waals surface area contributed by atoms with Crippen LogP contribution in [0.25, 0.3) is 11.0 Å². The highest BCUT2D eigenvalue weighted by Gasteiger charge is 2.09. The second-order valence-electron chi connectivity index (χ2n) is 3.05. The van der Waals surface area contributed by atoms with E-state index in [1.165, 1.54) is 0 Å². The number of hydrogen-bond donors (Lipinski definition) is 1. The lowest BCUT2D eigenvalue weighted by molar-refractivity contribution is 0.886. The molecule has 0 unspecified atom stereocenters. The number of benzene rings is 1. The predicted octanol–water partition coefficient (Wildman–Crippen LogP) is 2.12. The van der Waals surface area contributed by atoms with E-state index < -0.39 is 0 Å². The van der Waals surface area contributed by atoms with Crippen LogP contribution in [0.4, 0.5) is 5.69 Å². The van der Waals surface area contributed by atoms with Crippen LogP contribution in [0.1, 0.15) is 5.82 Å². The fourth-order valence-electron chi connectivity index (χ4n) is 1.36. The quantitative estimate of drug-likeness (QED) is 0.655. The molecule has 13 heavy (non-hydrogen) atoms.